The Labute approximate surface area is 125 Å². The Balaban J connectivity index is 1.53. The van der Waals surface area contributed by atoms with Crippen LogP contribution in [0.1, 0.15) is 52.4 Å². The molecule has 2 heterocycles. The van der Waals surface area contributed by atoms with Gasteiger partial charge in [0, 0.05) is 31.2 Å². The van der Waals surface area contributed by atoms with E-state index in [0.29, 0.717) is 0 Å². The van der Waals surface area contributed by atoms with E-state index >= 15 is 0 Å². The Kier molecular flexibility index (Phi) is 5.00. The third kappa shape index (κ3) is 3.05. The molecule has 0 aromatic heterocycles. The van der Waals surface area contributed by atoms with Gasteiger partial charge in [-0.2, -0.15) is 0 Å². The van der Waals surface area contributed by atoms with E-state index in [0.717, 1.165) is 24.0 Å². The monoisotopic (exact) mass is 279 g/mol. The Morgan fingerprint density at radius 2 is 2.00 bits per heavy atom. The quantitative estimate of drug-likeness (QED) is 0.779. The van der Waals surface area contributed by atoms with Crippen molar-refractivity contribution in [2.45, 2.75) is 70.5 Å². The molecule has 3 aliphatic rings. The Hall–Kier alpha value is -0.120. The largest absolute Gasteiger partial charge is 0.316 e. The first-order valence-electron chi connectivity index (χ1n) is 9.00. The second-order valence-corrected chi connectivity index (χ2v) is 7.30. The standard InChI is InChI=1S/C17H33N3/c1-3-9-18-11-15-7-8-17(15)20-13-16-6-4-5-10-19(16)12-14(20)2/h14-18H,3-13H2,1-2H3. The molecule has 3 rings (SSSR count). The van der Waals surface area contributed by atoms with Crippen molar-refractivity contribution in [1.82, 2.24) is 15.1 Å². The predicted molar refractivity (Wildman–Crippen MR) is 85.1 cm³/mol. The Morgan fingerprint density at radius 1 is 1.10 bits per heavy atom. The molecule has 2 saturated heterocycles. The van der Waals surface area contributed by atoms with Crippen molar-refractivity contribution in [3.05, 3.63) is 0 Å². The first kappa shape index (κ1) is 14.8. The highest BCUT2D eigenvalue weighted by molar-refractivity contribution is 4.97. The van der Waals surface area contributed by atoms with Gasteiger partial charge in [-0.05, 0) is 64.6 Å². The van der Waals surface area contributed by atoms with Crippen molar-refractivity contribution in [1.29, 1.82) is 0 Å². The molecule has 116 valence electrons. The van der Waals surface area contributed by atoms with Gasteiger partial charge in [-0.3, -0.25) is 9.80 Å². The molecule has 3 fully saturated rings. The fourth-order valence-corrected chi connectivity index (χ4v) is 4.53. The molecule has 3 heteroatoms. The lowest BCUT2D eigenvalue weighted by Gasteiger charge is -2.54. The van der Waals surface area contributed by atoms with Gasteiger partial charge in [0.1, 0.15) is 0 Å². The maximum Gasteiger partial charge on any atom is 0.0224 e. The van der Waals surface area contributed by atoms with E-state index in [1.165, 1.54) is 71.2 Å². The highest BCUT2D eigenvalue weighted by atomic mass is 15.3. The molecular weight excluding hydrogens is 246 g/mol. The Bertz CT molecular complexity index is 307. The van der Waals surface area contributed by atoms with Crippen LogP contribution in [0.25, 0.3) is 0 Å². The van der Waals surface area contributed by atoms with Crippen LogP contribution in [-0.2, 0) is 0 Å². The van der Waals surface area contributed by atoms with E-state index in [1.807, 2.05) is 0 Å². The summed E-state index contributed by atoms with van der Waals surface area (Å²) in [4.78, 5) is 5.64. The molecule has 4 unspecified atom stereocenters. The number of hydrogen-bond donors (Lipinski definition) is 1. The van der Waals surface area contributed by atoms with Gasteiger partial charge < -0.3 is 5.32 Å². The van der Waals surface area contributed by atoms with E-state index in [1.54, 1.807) is 0 Å². The molecule has 4 atom stereocenters. The van der Waals surface area contributed by atoms with Crippen LogP contribution in [-0.4, -0.2) is 60.6 Å². The van der Waals surface area contributed by atoms with Gasteiger partial charge >= 0.3 is 0 Å². The van der Waals surface area contributed by atoms with E-state index in [9.17, 15) is 0 Å². The topological polar surface area (TPSA) is 18.5 Å². The minimum Gasteiger partial charge on any atom is -0.316 e. The third-order valence-corrected chi connectivity index (χ3v) is 5.87. The molecule has 0 bridgehead atoms. The van der Waals surface area contributed by atoms with Gasteiger partial charge in [0.05, 0.1) is 0 Å². The summed E-state index contributed by atoms with van der Waals surface area (Å²) >= 11 is 0. The molecule has 20 heavy (non-hydrogen) atoms. The van der Waals surface area contributed by atoms with Crippen LogP contribution in [0, 0.1) is 5.92 Å². The molecule has 1 N–H and O–H groups in total. The summed E-state index contributed by atoms with van der Waals surface area (Å²) in [5.41, 5.74) is 0. The van der Waals surface area contributed by atoms with E-state index in [2.05, 4.69) is 29.0 Å². The lowest BCUT2D eigenvalue weighted by Crippen LogP contribution is -2.64. The summed E-state index contributed by atoms with van der Waals surface area (Å²) in [6.07, 6.45) is 8.46. The van der Waals surface area contributed by atoms with Gasteiger partial charge in [0.2, 0.25) is 0 Å². The number of nitrogens with one attached hydrogen (secondary N) is 1. The summed E-state index contributed by atoms with van der Waals surface area (Å²) in [5, 5.41) is 3.64. The molecule has 0 radical (unpaired) electrons. The summed E-state index contributed by atoms with van der Waals surface area (Å²) in [5.74, 6) is 0.916. The predicted octanol–water partition coefficient (Wildman–Crippen LogP) is 2.32. The first-order valence-corrected chi connectivity index (χ1v) is 9.00. The fourth-order valence-electron chi connectivity index (χ4n) is 4.53. The van der Waals surface area contributed by atoms with Crippen molar-refractivity contribution >= 4 is 0 Å². The fraction of sp³-hybridized carbons (Fsp3) is 1.00. The van der Waals surface area contributed by atoms with Gasteiger partial charge in [-0.25, -0.2) is 0 Å². The third-order valence-electron chi connectivity index (χ3n) is 5.87. The van der Waals surface area contributed by atoms with Gasteiger partial charge in [-0.1, -0.05) is 13.3 Å². The van der Waals surface area contributed by atoms with Crippen molar-refractivity contribution < 1.29 is 0 Å². The molecular formula is C17H33N3. The second kappa shape index (κ2) is 6.76. The highest BCUT2D eigenvalue weighted by Crippen LogP contribution is 2.36. The molecule has 1 aliphatic carbocycles. The molecule has 1 saturated carbocycles. The highest BCUT2D eigenvalue weighted by Gasteiger charge is 2.42. The van der Waals surface area contributed by atoms with Crippen LogP contribution in [0.3, 0.4) is 0 Å². The van der Waals surface area contributed by atoms with Crippen LogP contribution >= 0.6 is 0 Å². The molecule has 2 aliphatic heterocycles. The normalized spacial score (nSPS) is 39.3. The number of fused-ring (bicyclic) bond motifs is 1. The number of piperazine rings is 1. The SMILES string of the molecule is CCCNCC1CCC1N1CC2CCCCN2CC1C. The average Bonchev–Trinajstić information content (AvgIpc) is 2.43. The van der Waals surface area contributed by atoms with Crippen molar-refractivity contribution in [2.24, 2.45) is 5.92 Å². The summed E-state index contributed by atoms with van der Waals surface area (Å²) in [6, 6.07) is 2.51. The van der Waals surface area contributed by atoms with E-state index in [-0.39, 0.29) is 0 Å². The first-order chi connectivity index (χ1) is 9.79. The maximum atomic E-state index is 3.64. The molecule has 3 nitrogen and oxygen atoms in total. The molecule has 0 aromatic rings. The zero-order valence-electron chi connectivity index (χ0n) is 13.5. The summed E-state index contributed by atoms with van der Waals surface area (Å²) < 4.78 is 0. The van der Waals surface area contributed by atoms with Crippen LogP contribution in [0.2, 0.25) is 0 Å². The smallest absolute Gasteiger partial charge is 0.0224 e. The lowest BCUT2D eigenvalue weighted by atomic mass is 9.77. The van der Waals surface area contributed by atoms with Crippen LogP contribution in [0.4, 0.5) is 0 Å². The van der Waals surface area contributed by atoms with E-state index in [4.69, 9.17) is 0 Å². The van der Waals surface area contributed by atoms with Crippen LogP contribution in [0.15, 0.2) is 0 Å². The van der Waals surface area contributed by atoms with Gasteiger partial charge in [0.25, 0.3) is 0 Å². The molecule has 0 amide bonds. The number of piperidine rings is 1. The number of hydrogen-bond acceptors (Lipinski definition) is 3. The number of rotatable bonds is 5. The minimum atomic E-state index is 0.767. The zero-order chi connectivity index (χ0) is 13.9. The van der Waals surface area contributed by atoms with Crippen molar-refractivity contribution in [3.63, 3.8) is 0 Å². The van der Waals surface area contributed by atoms with E-state index < -0.39 is 0 Å². The average molecular weight is 279 g/mol. The molecule has 0 aromatic carbocycles. The van der Waals surface area contributed by atoms with Gasteiger partial charge in [0.15, 0.2) is 0 Å². The maximum absolute atomic E-state index is 3.64. The van der Waals surface area contributed by atoms with Crippen molar-refractivity contribution in [2.75, 3.05) is 32.7 Å². The number of nitrogens with zero attached hydrogens (tertiary/aromatic N) is 2. The minimum absolute atomic E-state index is 0.767. The van der Waals surface area contributed by atoms with Crippen molar-refractivity contribution in [3.8, 4) is 0 Å². The zero-order valence-corrected chi connectivity index (χ0v) is 13.5. The lowest BCUT2D eigenvalue weighted by molar-refractivity contribution is -0.0484. The van der Waals surface area contributed by atoms with Gasteiger partial charge in [-0.15, -0.1) is 0 Å². The summed E-state index contributed by atoms with van der Waals surface area (Å²) in [7, 11) is 0. The van der Waals surface area contributed by atoms with Crippen LogP contribution in [0.5, 0.6) is 0 Å². The summed E-state index contributed by atoms with van der Waals surface area (Å²) in [6.45, 7) is 11.2. The molecule has 0 spiro atoms. The van der Waals surface area contributed by atoms with Crippen LogP contribution < -0.4 is 5.32 Å². The Morgan fingerprint density at radius 3 is 2.75 bits per heavy atom. The second-order valence-electron chi connectivity index (χ2n) is 7.30.